The van der Waals surface area contributed by atoms with Crippen molar-refractivity contribution >= 4 is 0 Å². The summed E-state index contributed by atoms with van der Waals surface area (Å²) < 4.78 is 2.50. The molecule has 4 aliphatic carbocycles. The lowest BCUT2D eigenvalue weighted by Gasteiger charge is -2.55. The van der Waals surface area contributed by atoms with Crippen LogP contribution in [0, 0.1) is 30.6 Å². The molecule has 3 heteroatoms. The fourth-order valence-electron chi connectivity index (χ4n) is 6.68. The molecule has 3 nitrogen and oxygen atoms in total. The molecule has 0 N–H and O–H groups in total. The van der Waals surface area contributed by atoms with Gasteiger partial charge in [-0.2, -0.15) is 0 Å². The van der Waals surface area contributed by atoms with Crippen LogP contribution in [0.25, 0.3) is 22.5 Å². The molecule has 2 aromatic carbocycles. The molecule has 4 fully saturated rings. The summed E-state index contributed by atoms with van der Waals surface area (Å²) in [5.74, 6) is 5.78. The van der Waals surface area contributed by atoms with Gasteiger partial charge in [-0.15, -0.1) is 10.2 Å². The number of hydrogen-bond acceptors (Lipinski definition) is 2. The maximum Gasteiger partial charge on any atom is 0.164 e. The molecule has 1 heterocycles. The van der Waals surface area contributed by atoms with Crippen LogP contribution in [0.15, 0.2) is 54.6 Å². The van der Waals surface area contributed by atoms with Crippen LogP contribution in [-0.2, 0) is 0 Å². The first-order valence-corrected chi connectivity index (χ1v) is 10.8. The minimum Gasteiger partial charge on any atom is -0.308 e. The number of hydrogen-bond donors (Lipinski definition) is 0. The van der Waals surface area contributed by atoms with Crippen LogP contribution < -0.4 is 0 Å². The van der Waals surface area contributed by atoms with E-state index in [0.29, 0.717) is 6.04 Å². The minimum absolute atomic E-state index is 0.603. The molecule has 4 aliphatic rings. The summed E-state index contributed by atoms with van der Waals surface area (Å²) in [6.07, 6.45) is 7.17. The molecule has 3 aromatic rings. The van der Waals surface area contributed by atoms with Crippen molar-refractivity contribution in [1.82, 2.24) is 14.8 Å². The summed E-state index contributed by atoms with van der Waals surface area (Å²) in [5.41, 5.74) is 3.70. The molecule has 0 radical (unpaired) electrons. The van der Waals surface area contributed by atoms with Gasteiger partial charge in [0.1, 0.15) is 5.82 Å². The zero-order valence-corrected chi connectivity index (χ0v) is 16.5. The first-order chi connectivity index (χ1) is 13.8. The van der Waals surface area contributed by atoms with E-state index in [-0.39, 0.29) is 0 Å². The number of rotatable bonds is 3. The molecule has 28 heavy (non-hydrogen) atoms. The highest BCUT2D eigenvalue weighted by molar-refractivity contribution is 5.67. The second-order valence-electron chi connectivity index (χ2n) is 9.31. The summed E-state index contributed by atoms with van der Waals surface area (Å²) in [6, 6.07) is 20.1. The first kappa shape index (κ1) is 16.5. The van der Waals surface area contributed by atoms with E-state index >= 15 is 0 Å². The number of aromatic nitrogens is 3. The highest BCUT2D eigenvalue weighted by Crippen LogP contribution is 2.58. The zero-order valence-electron chi connectivity index (χ0n) is 16.5. The van der Waals surface area contributed by atoms with E-state index in [9.17, 15) is 0 Å². The van der Waals surface area contributed by atoms with Gasteiger partial charge in [-0.05, 0) is 73.8 Å². The third-order valence-electron chi connectivity index (χ3n) is 7.59. The van der Waals surface area contributed by atoms with Crippen molar-refractivity contribution in [2.75, 3.05) is 0 Å². The molecule has 4 bridgehead atoms. The Balaban J connectivity index is 1.37. The topological polar surface area (TPSA) is 30.7 Å². The van der Waals surface area contributed by atoms with Crippen molar-refractivity contribution in [3.8, 4) is 22.5 Å². The first-order valence-electron chi connectivity index (χ1n) is 10.8. The molecule has 0 atom stereocenters. The van der Waals surface area contributed by atoms with Crippen LogP contribution in [0.2, 0.25) is 0 Å². The molecular weight excluding hydrogens is 342 g/mol. The van der Waals surface area contributed by atoms with Crippen molar-refractivity contribution in [2.45, 2.75) is 45.1 Å². The van der Waals surface area contributed by atoms with Crippen LogP contribution in [0.1, 0.15) is 44.0 Å². The second kappa shape index (κ2) is 6.30. The van der Waals surface area contributed by atoms with Gasteiger partial charge in [-0.25, -0.2) is 0 Å². The van der Waals surface area contributed by atoms with Gasteiger partial charge in [0, 0.05) is 11.6 Å². The van der Waals surface area contributed by atoms with E-state index < -0.39 is 0 Å². The minimum atomic E-state index is 0.603. The molecule has 0 amide bonds. The molecule has 0 aliphatic heterocycles. The predicted octanol–water partition coefficient (Wildman–Crippen LogP) is 5.92. The van der Waals surface area contributed by atoms with Gasteiger partial charge in [0.25, 0.3) is 0 Å². The molecule has 7 rings (SSSR count). The van der Waals surface area contributed by atoms with Gasteiger partial charge in [-0.1, -0.05) is 54.6 Å². The molecule has 4 saturated carbocycles. The van der Waals surface area contributed by atoms with Gasteiger partial charge in [0.2, 0.25) is 0 Å². The highest BCUT2D eigenvalue weighted by atomic mass is 15.3. The van der Waals surface area contributed by atoms with E-state index in [1.54, 1.807) is 0 Å². The predicted molar refractivity (Wildman–Crippen MR) is 112 cm³/mol. The normalized spacial score (nSPS) is 30.7. The lowest BCUT2D eigenvalue weighted by Crippen LogP contribution is -2.46. The van der Waals surface area contributed by atoms with Crippen LogP contribution in [-0.4, -0.2) is 14.8 Å². The Morgan fingerprint density at radius 1 is 0.679 bits per heavy atom. The van der Waals surface area contributed by atoms with Gasteiger partial charge in [0.15, 0.2) is 5.82 Å². The van der Waals surface area contributed by atoms with E-state index in [4.69, 9.17) is 0 Å². The Bertz CT molecular complexity index is 958. The van der Waals surface area contributed by atoms with Crippen LogP contribution in [0.4, 0.5) is 0 Å². The van der Waals surface area contributed by atoms with E-state index in [0.717, 1.165) is 35.3 Å². The standard InChI is InChI=1S/C25H27N3/c1-16-26-27-25(21-9-7-20(8-10-21)19-5-3-2-4-6-19)28(16)24-22-12-17-11-18(14-22)15-23(24)13-17/h2-10,17-18,22-24H,11-15H2,1H3. The summed E-state index contributed by atoms with van der Waals surface area (Å²) in [4.78, 5) is 0. The van der Waals surface area contributed by atoms with Crippen molar-refractivity contribution in [3.05, 3.63) is 60.4 Å². The molecule has 142 valence electrons. The SMILES string of the molecule is Cc1nnc(-c2ccc(-c3ccccc3)cc2)n1C1C2CC3CC(C2)CC1C3. The van der Waals surface area contributed by atoms with Crippen molar-refractivity contribution in [3.63, 3.8) is 0 Å². The van der Waals surface area contributed by atoms with Crippen molar-refractivity contribution < 1.29 is 0 Å². The van der Waals surface area contributed by atoms with Gasteiger partial charge < -0.3 is 4.57 Å². The largest absolute Gasteiger partial charge is 0.308 e. The summed E-state index contributed by atoms with van der Waals surface area (Å²) in [5, 5.41) is 9.15. The Labute approximate surface area is 166 Å². The van der Waals surface area contributed by atoms with Gasteiger partial charge in [-0.3, -0.25) is 0 Å². The average molecular weight is 370 g/mol. The van der Waals surface area contributed by atoms with Crippen molar-refractivity contribution in [1.29, 1.82) is 0 Å². The summed E-state index contributed by atoms with van der Waals surface area (Å²) >= 11 is 0. The zero-order chi connectivity index (χ0) is 18.7. The van der Waals surface area contributed by atoms with Crippen molar-refractivity contribution in [2.24, 2.45) is 23.7 Å². The molecule has 1 aromatic heterocycles. The van der Waals surface area contributed by atoms with E-state index in [1.165, 1.54) is 48.8 Å². The Morgan fingerprint density at radius 2 is 1.25 bits per heavy atom. The quantitative estimate of drug-likeness (QED) is 0.574. The van der Waals surface area contributed by atoms with E-state index in [1.807, 2.05) is 0 Å². The fourth-order valence-corrected chi connectivity index (χ4v) is 6.68. The second-order valence-corrected chi connectivity index (χ2v) is 9.31. The Kier molecular flexibility index (Phi) is 3.72. The number of benzene rings is 2. The molecule has 0 saturated heterocycles. The lowest BCUT2D eigenvalue weighted by atomic mass is 9.54. The summed E-state index contributed by atoms with van der Waals surface area (Å²) in [7, 11) is 0. The van der Waals surface area contributed by atoms with Crippen LogP contribution in [0.3, 0.4) is 0 Å². The highest BCUT2D eigenvalue weighted by Gasteiger charge is 2.49. The molecule has 0 spiro atoms. The third-order valence-corrected chi connectivity index (χ3v) is 7.59. The lowest BCUT2D eigenvalue weighted by molar-refractivity contribution is -0.0293. The monoisotopic (exact) mass is 369 g/mol. The van der Waals surface area contributed by atoms with Gasteiger partial charge >= 0.3 is 0 Å². The van der Waals surface area contributed by atoms with Gasteiger partial charge in [0.05, 0.1) is 0 Å². The smallest absolute Gasteiger partial charge is 0.164 e. The Morgan fingerprint density at radius 3 is 1.89 bits per heavy atom. The average Bonchev–Trinajstić information content (AvgIpc) is 3.09. The summed E-state index contributed by atoms with van der Waals surface area (Å²) in [6.45, 7) is 2.14. The fraction of sp³-hybridized carbons (Fsp3) is 0.440. The Hall–Kier alpha value is -2.42. The number of aryl methyl sites for hydroxylation is 1. The third kappa shape index (κ3) is 2.56. The maximum absolute atomic E-state index is 4.63. The van der Waals surface area contributed by atoms with E-state index in [2.05, 4.69) is 76.3 Å². The molecule has 0 unspecified atom stereocenters. The number of nitrogens with zero attached hydrogens (tertiary/aromatic N) is 3. The van der Waals surface area contributed by atoms with Crippen LogP contribution >= 0.6 is 0 Å². The molecular formula is C25H27N3. The maximum atomic E-state index is 4.63. The van der Waals surface area contributed by atoms with Crippen LogP contribution in [0.5, 0.6) is 0 Å².